The van der Waals surface area contributed by atoms with Crippen molar-refractivity contribution in [3.05, 3.63) is 60.8 Å². The van der Waals surface area contributed by atoms with Gasteiger partial charge in [-0.25, -0.2) is 4.57 Å². The molecule has 0 aliphatic rings. The van der Waals surface area contributed by atoms with Crippen molar-refractivity contribution in [1.29, 1.82) is 0 Å². The Balaban J connectivity index is 3.76. The second-order valence-corrected chi connectivity index (χ2v) is 25.2. The second kappa shape index (κ2) is 67.8. The third kappa shape index (κ3) is 66.8. The summed E-state index contributed by atoms with van der Waals surface area (Å²) in [6, 6.07) is 0. The Labute approximate surface area is 508 Å². The van der Waals surface area contributed by atoms with E-state index in [-0.39, 0.29) is 38.6 Å². The van der Waals surface area contributed by atoms with E-state index >= 15 is 0 Å². The van der Waals surface area contributed by atoms with E-state index in [9.17, 15) is 19.0 Å². The average molecular weight is 1170 g/mol. The number of esters is 2. The fourth-order valence-electron chi connectivity index (χ4n) is 10.5. The van der Waals surface area contributed by atoms with Gasteiger partial charge in [-0.05, 0) is 57.8 Å². The Hall–Kier alpha value is -2.29. The zero-order valence-electron chi connectivity index (χ0n) is 54.0. The number of hydrogen-bond acceptors (Lipinski definition) is 8. The summed E-state index contributed by atoms with van der Waals surface area (Å²) in [7, 11) is -4.39. The van der Waals surface area contributed by atoms with Crippen molar-refractivity contribution in [2.24, 2.45) is 5.73 Å². The highest BCUT2D eigenvalue weighted by molar-refractivity contribution is 7.47. The molecule has 0 heterocycles. The Morgan fingerprint density at radius 1 is 0.378 bits per heavy atom. The average Bonchev–Trinajstić information content (AvgIpc) is 3.47. The van der Waals surface area contributed by atoms with Gasteiger partial charge in [-0.15, -0.1) is 0 Å². The minimum Gasteiger partial charge on any atom is -0.462 e. The number of nitrogens with two attached hydrogens (primary N) is 1. The van der Waals surface area contributed by atoms with Crippen LogP contribution >= 0.6 is 7.82 Å². The molecule has 2 atom stereocenters. The molecular formula is C72H134NO8P. The zero-order valence-corrected chi connectivity index (χ0v) is 54.9. The number of carbonyl (C=O) groups excluding carboxylic acids is 2. The van der Waals surface area contributed by atoms with Crippen LogP contribution in [0.15, 0.2) is 60.8 Å². The summed E-state index contributed by atoms with van der Waals surface area (Å²) < 4.78 is 33.2. The van der Waals surface area contributed by atoms with E-state index < -0.39 is 26.5 Å². The second-order valence-electron chi connectivity index (χ2n) is 23.7. The summed E-state index contributed by atoms with van der Waals surface area (Å²) in [6.45, 7) is 3.70. The maximum absolute atomic E-state index is 12.8. The van der Waals surface area contributed by atoms with E-state index in [0.29, 0.717) is 6.42 Å². The van der Waals surface area contributed by atoms with Crippen molar-refractivity contribution < 1.29 is 37.6 Å². The highest BCUT2D eigenvalue weighted by Gasteiger charge is 2.26. The number of ether oxygens (including phenoxy) is 2. The number of allylic oxidation sites excluding steroid dienone is 10. The van der Waals surface area contributed by atoms with Gasteiger partial charge in [0.1, 0.15) is 6.61 Å². The maximum Gasteiger partial charge on any atom is 0.472 e. The van der Waals surface area contributed by atoms with Crippen LogP contribution in [-0.2, 0) is 32.7 Å². The van der Waals surface area contributed by atoms with Crippen molar-refractivity contribution in [1.82, 2.24) is 0 Å². The van der Waals surface area contributed by atoms with Crippen LogP contribution in [-0.4, -0.2) is 49.3 Å². The molecule has 0 radical (unpaired) electrons. The van der Waals surface area contributed by atoms with E-state index in [1.807, 2.05) is 0 Å². The fourth-order valence-corrected chi connectivity index (χ4v) is 11.3. The van der Waals surface area contributed by atoms with Crippen LogP contribution in [0.2, 0.25) is 0 Å². The van der Waals surface area contributed by atoms with Crippen LogP contribution < -0.4 is 5.73 Å². The molecule has 0 aliphatic carbocycles. The summed E-state index contributed by atoms with van der Waals surface area (Å²) in [5.41, 5.74) is 5.40. The molecule has 0 aromatic rings. The van der Waals surface area contributed by atoms with Gasteiger partial charge >= 0.3 is 19.8 Å². The van der Waals surface area contributed by atoms with Crippen molar-refractivity contribution in [3.8, 4) is 0 Å². The van der Waals surface area contributed by atoms with Crippen LogP contribution in [0, 0.1) is 0 Å². The maximum atomic E-state index is 12.8. The first kappa shape index (κ1) is 79.7. The number of hydrogen-bond donors (Lipinski definition) is 2. The van der Waals surface area contributed by atoms with Crippen molar-refractivity contribution in [2.45, 2.75) is 360 Å². The molecule has 9 nitrogen and oxygen atoms in total. The standard InChI is InChI=1S/C72H134NO8P/c1-3-5-7-9-11-13-15-17-19-21-23-25-26-27-28-29-30-31-32-33-34-35-36-37-38-39-40-41-42-43-44-45-47-49-51-53-55-57-59-61-63-65-72(75)81-70(69-80-82(76,77)79-67-66-73)68-78-71(74)64-62-60-58-56-54-52-50-48-46-24-22-20-18-16-14-12-10-8-6-4-2/h5,7,11,13,17,19,23,25,27-28,70H,3-4,6,8-10,12,14-16,18,20-22,24,26,29-69,73H2,1-2H3,(H,76,77)/b7-5-,13-11-,19-17-,25-23-,28-27-. The molecule has 0 rings (SSSR count). The summed E-state index contributed by atoms with van der Waals surface area (Å²) >= 11 is 0. The number of carbonyl (C=O) groups is 2. The molecule has 3 N–H and O–H groups in total. The van der Waals surface area contributed by atoms with Gasteiger partial charge in [-0.1, -0.05) is 344 Å². The lowest BCUT2D eigenvalue weighted by atomic mass is 10.0. The molecular weight excluding hydrogens is 1040 g/mol. The summed E-state index contributed by atoms with van der Waals surface area (Å²) in [5.74, 6) is -0.805. The Morgan fingerprint density at radius 3 is 1.00 bits per heavy atom. The molecule has 0 bridgehead atoms. The van der Waals surface area contributed by atoms with Crippen LogP contribution in [0.1, 0.15) is 354 Å². The molecule has 0 amide bonds. The van der Waals surface area contributed by atoms with Gasteiger partial charge < -0.3 is 20.1 Å². The molecule has 0 saturated heterocycles. The monoisotopic (exact) mass is 1170 g/mol. The predicted octanol–water partition coefficient (Wildman–Crippen LogP) is 23.0. The normalized spacial score (nSPS) is 13.3. The van der Waals surface area contributed by atoms with Gasteiger partial charge in [-0.2, -0.15) is 0 Å². The van der Waals surface area contributed by atoms with Gasteiger partial charge in [0.25, 0.3) is 0 Å². The minimum absolute atomic E-state index is 0.0561. The van der Waals surface area contributed by atoms with E-state index in [2.05, 4.69) is 74.6 Å². The van der Waals surface area contributed by atoms with Gasteiger partial charge in [0.15, 0.2) is 6.10 Å². The lowest BCUT2D eigenvalue weighted by Crippen LogP contribution is -2.29. The first-order valence-corrected chi connectivity index (χ1v) is 36.8. The Morgan fingerprint density at radius 2 is 0.671 bits per heavy atom. The molecule has 82 heavy (non-hydrogen) atoms. The van der Waals surface area contributed by atoms with Crippen molar-refractivity contribution in [2.75, 3.05) is 26.4 Å². The van der Waals surface area contributed by atoms with Gasteiger partial charge in [0.05, 0.1) is 13.2 Å². The third-order valence-corrected chi connectivity index (χ3v) is 16.7. The van der Waals surface area contributed by atoms with E-state index in [0.717, 1.165) is 64.2 Å². The van der Waals surface area contributed by atoms with Crippen LogP contribution in [0.4, 0.5) is 0 Å². The zero-order chi connectivity index (χ0) is 59.4. The largest absolute Gasteiger partial charge is 0.472 e. The number of unbranched alkanes of at least 4 members (excludes halogenated alkanes) is 44. The van der Waals surface area contributed by atoms with E-state index in [1.165, 1.54) is 257 Å². The Bertz CT molecular complexity index is 1530. The van der Waals surface area contributed by atoms with Crippen LogP contribution in [0.3, 0.4) is 0 Å². The molecule has 480 valence electrons. The predicted molar refractivity (Wildman–Crippen MR) is 353 cm³/mol. The molecule has 0 aromatic heterocycles. The van der Waals surface area contributed by atoms with Crippen molar-refractivity contribution >= 4 is 19.8 Å². The van der Waals surface area contributed by atoms with E-state index in [4.69, 9.17) is 24.3 Å². The first-order chi connectivity index (χ1) is 40.3. The molecule has 0 spiro atoms. The van der Waals surface area contributed by atoms with Crippen molar-refractivity contribution in [3.63, 3.8) is 0 Å². The Kier molecular flexibility index (Phi) is 65.9. The van der Waals surface area contributed by atoms with Gasteiger partial charge in [-0.3, -0.25) is 18.6 Å². The minimum atomic E-state index is -4.39. The molecule has 0 fully saturated rings. The van der Waals surface area contributed by atoms with E-state index in [1.54, 1.807) is 0 Å². The van der Waals surface area contributed by atoms with Crippen LogP contribution in [0.25, 0.3) is 0 Å². The summed E-state index contributed by atoms with van der Waals surface area (Å²) in [5, 5.41) is 0. The first-order valence-electron chi connectivity index (χ1n) is 35.3. The summed E-state index contributed by atoms with van der Waals surface area (Å²) in [4.78, 5) is 35.3. The molecule has 10 heteroatoms. The SMILES string of the molecule is CC/C=C\C/C=C\C/C=C\C/C=C\C/C=C\CCCCCCCCCCCCCCCCCCCCCCCCCCCC(=O)OC(COC(=O)CCCCCCCCCCCCCCCCCCCCCC)COP(=O)(O)OCCN. The van der Waals surface area contributed by atoms with Gasteiger partial charge in [0.2, 0.25) is 0 Å². The summed E-state index contributed by atoms with van der Waals surface area (Å²) in [6.07, 6.45) is 87.6. The smallest absolute Gasteiger partial charge is 0.462 e. The van der Waals surface area contributed by atoms with Gasteiger partial charge in [0, 0.05) is 19.4 Å². The van der Waals surface area contributed by atoms with Crippen LogP contribution in [0.5, 0.6) is 0 Å². The topological polar surface area (TPSA) is 134 Å². The molecule has 0 aliphatic heterocycles. The molecule has 0 saturated carbocycles. The number of rotatable bonds is 67. The number of phosphoric ester groups is 1. The fraction of sp³-hybridized carbons (Fsp3) is 0.833. The lowest BCUT2D eigenvalue weighted by molar-refractivity contribution is -0.161. The highest BCUT2D eigenvalue weighted by Crippen LogP contribution is 2.43. The highest BCUT2D eigenvalue weighted by atomic mass is 31.2. The lowest BCUT2D eigenvalue weighted by Gasteiger charge is -2.19. The third-order valence-electron chi connectivity index (χ3n) is 15.7. The quantitative estimate of drug-likeness (QED) is 0.0264. The number of phosphoric acid groups is 1. The molecule has 0 aromatic carbocycles. The molecule has 2 unspecified atom stereocenters.